The first kappa shape index (κ1) is 79.4. The maximum Gasteiger partial charge on any atom is 0.416 e. The van der Waals surface area contributed by atoms with Crippen molar-refractivity contribution in [2.24, 2.45) is 0 Å². The van der Waals surface area contributed by atoms with Crippen LogP contribution >= 0.6 is 12.4 Å². The van der Waals surface area contributed by atoms with Crippen LogP contribution in [0.4, 0.5) is 49.1 Å². The van der Waals surface area contributed by atoms with Crippen molar-refractivity contribution in [2.75, 3.05) is 45.8 Å². The summed E-state index contributed by atoms with van der Waals surface area (Å²) in [6.45, 7) is 17.2. The summed E-state index contributed by atoms with van der Waals surface area (Å²) in [7, 11) is 0. The molecule has 3 saturated heterocycles. The van der Waals surface area contributed by atoms with Crippen LogP contribution in [0.25, 0.3) is 0 Å². The number of ether oxygens (including phenoxy) is 2. The fraction of sp³-hybridized carbons (Fsp3) is 0.522. The summed E-state index contributed by atoms with van der Waals surface area (Å²) in [5.41, 5.74) is 4.44. The fourth-order valence-electron chi connectivity index (χ4n) is 12.3. The molecule has 6 aromatic rings. The molecule has 0 saturated carbocycles. The molecule has 6 aliphatic rings. The third-order valence-corrected chi connectivity index (χ3v) is 16.7. The Labute approximate surface area is 563 Å². The molecule has 97 heavy (non-hydrogen) atoms. The number of aromatic amines is 3. The van der Waals surface area contributed by atoms with Crippen LogP contribution in [-0.4, -0.2) is 137 Å². The van der Waals surface area contributed by atoms with Gasteiger partial charge in [-0.15, -0.1) is 12.4 Å². The second-order valence-corrected chi connectivity index (χ2v) is 25.5. The van der Waals surface area contributed by atoms with Gasteiger partial charge >= 0.3 is 36.9 Å². The topological polar surface area (TPSA) is 244 Å². The summed E-state index contributed by atoms with van der Waals surface area (Å²) in [6.07, 6.45) is -7.32. The van der Waals surface area contributed by atoms with E-state index >= 15 is 0 Å². The van der Waals surface area contributed by atoms with E-state index in [4.69, 9.17) is 19.1 Å². The van der Waals surface area contributed by atoms with Gasteiger partial charge in [-0.2, -0.15) is 64.4 Å². The lowest BCUT2D eigenvalue weighted by atomic mass is 9.86. The molecule has 532 valence electrons. The van der Waals surface area contributed by atoms with Crippen LogP contribution in [0.5, 0.6) is 0 Å². The van der Waals surface area contributed by atoms with E-state index < -0.39 is 52.5 Å². The van der Waals surface area contributed by atoms with Crippen molar-refractivity contribution in [2.45, 2.75) is 182 Å². The molecule has 30 heteroatoms. The van der Waals surface area contributed by atoms with Crippen LogP contribution in [0.15, 0.2) is 79.0 Å². The monoisotopic (exact) mass is 1390 g/mol. The maximum atomic E-state index is 13.4. The Morgan fingerprint density at radius 3 is 1.31 bits per heavy atom. The summed E-state index contributed by atoms with van der Waals surface area (Å²) in [6, 6.07) is 17.3. The third kappa shape index (κ3) is 20.9. The largest absolute Gasteiger partial charge is 0.444 e. The predicted molar refractivity (Wildman–Crippen MR) is 343 cm³/mol. The number of likely N-dealkylation sites (tertiary alicyclic amines) is 2. The Morgan fingerprint density at radius 1 is 0.485 bits per heavy atom. The van der Waals surface area contributed by atoms with E-state index in [9.17, 15) is 58.7 Å². The summed E-state index contributed by atoms with van der Waals surface area (Å²) in [5.74, 6) is -0.836. The van der Waals surface area contributed by atoms with Gasteiger partial charge in [-0.1, -0.05) is 69.5 Å². The highest BCUT2D eigenvalue weighted by atomic mass is 35.5. The molecular weight excluding hydrogens is 1310 g/mol. The van der Waals surface area contributed by atoms with Crippen LogP contribution < -0.4 is 10.6 Å². The van der Waals surface area contributed by atoms with Crippen LogP contribution in [-0.2, 0) is 76.7 Å². The van der Waals surface area contributed by atoms with Crippen molar-refractivity contribution in [1.29, 1.82) is 0 Å². The number of nitrogens with one attached hydrogen (secondary N) is 5. The second-order valence-electron chi connectivity index (χ2n) is 25.5. The highest BCUT2D eigenvalue weighted by Gasteiger charge is 2.41. The molecule has 3 fully saturated rings. The number of carbonyl (C=O) groups excluding carboxylic acids is 6. The van der Waals surface area contributed by atoms with Gasteiger partial charge in [-0.3, -0.25) is 29.8 Å². The average Bonchev–Trinajstić information content (AvgIpc) is 1.20. The minimum absolute atomic E-state index is 0. The summed E-state index contributed by atoms with van der Waals surface area (Å²) < 4.78 is 129. The molecule has 3 aromatic carbocycles. The molecule has 0 bridgehead atoms. The number of aromatic nitrogens is 6. The van der Waals surface area contributed by atoms with Gasteiger partial charge in [-0.05, 0) is 158 Å². The Kier molecular flexibility index (Phi) is 27.7. The first-order chi connectivity index (χ1) is 44.3. The minimum Gasteiger partial charge on any atom is -0.444 e. The van der Waals surface area contributed by atoms with Crippen molar-refractivity contribution in [3.8, 4) is 0 Å². The summed E-state index contributed by atoms with van der Waals surface area (Å²) >= 11 is 0. The number of piperidine rings is 3. The Hall–Kier alpha value is -8.27. The van der Waals surface area contributed by atoms with Gasteiger partial charge in [0.2, 0.25) is 0 Å². The highest BCUT2D eigenvalue weighted by Crippen LogP contribution is 2.42. The number of fused-ring (bicyclic) bond motifs is 3. The first-order valence-electron chi connectivity index (χ1n) is 30.9. The van der Waals surface area contributed by atoms with Gasteiger partial charge in [0.15, 0.2) is 11.4 Å². The highest BCUT2D eigenvalue weighted by molar-refractivity contribution is 5.95. The van der Waals surface area contributed by atoms with Crippen molar-refractivity contribution >= 4 is 42.6 Å². The zero-order chi connectivity index (χ0) is 68.3. The Bertz CT molecular complexity index is 3610. The maximum absolute atomic E-state index is 13.4. The van der Waals surface area contributed by atoms with Gasteiger partial charge < -0.3 is 34.8 Å². The van der Waals surface area contributed by atoms with Gasteiger partial charge in [0.05, 0.1) is 59.6 Å². The minimum atomic E-state index is -4.40. The number of amides is 4. The molecule has 12 rings (SSSR count). The molecular formula is C67H86ClF9N12O8. The lowest BCUT2D eigenvalue weighted by Gasteiger charge is -2.33. The summed E-state index contributed by atoms with van der Waals surface area (Å²) in [5, 5.41) is 27.2. The number of hydrogen-bond donors (Lipinski definition) is 5. The van der Waals surface area contributed by atoms with Crippen LogP contribution in [0.3, 0.4) is 0 Å². The van der Waals surface area contributed by atoms with E-state index in [-0.39, 0.29) is 93.4 Å². The number of rotatable bonds is 5. The lowest BCUT2D eigenvalue weighted by Crippen LogP contribution is -2.39. The number of nitrogens with zero attached hydrogens (tertiary/aromatic N) is 7. The fourth-order valence-corrected chi connectivity index (χ4v) is 12.3. The van der Waals surface area contributed by atoms with Gasteiger partial charge in [0.1, 0.15) is 11.2 Å². The van der Waals surface area contributed by atoms with Gasteiger partial charge in [0, 0.05) is 56.9 Å². The van der Waals surface area contributed by atoms with E-state index in [0.717, 1.165) is 61.4 Å². The van der Waals surface area contributed by atoms with Crippen molar-refractivity contribution in [3.05, 3.63) is 158 Å². The number of H-pyrrole nitrogens is 3. The number of hydrogen-bond acceptors (Lipinski definition) is 13. The Balaban J connectivity index is 0.000000238. The number of benzene rings is 3. The first-order valence-corrected chi connectivity index (χ1v) is 30.9. The molecule has 5 N–H and O–H groups in total. The zero-order valence-electron chi connectivity index (χ0n) is 53.4. The summed E-state index contributed by atoms with van der Waals surface area (Å²) in [4.78, 5) is 72.8. The van der Waals surface area contributed by atoms with E-state index in [1.54, 1.807) is 65.8 Å². The molecule has 0 radical (unpaired) electrons. The van der Waals surface area contributed by atoms with Gasteiger partial charge in [-0.25, -0.2) is 9.59 Å². The van der Waals surface area contributed by atoms with Crippen molar-refractivity contribution in [3.63, 3.8) is 0 Å². The normalized spacial score (nSPS) is 16.5. The van der Waals surface area contributed by atoms with E-state index in [1.807, 2.05) is 27.0 Å². The molecule has 20 nitrogen and oxygen atoms in total. The number of halogens is 10. The molecule has 0 unspecified atom stereocenters. The molecule has 3 aromatic heterocycles. The molecule has 0 atom stereocenters. The number of carbonyl (C=O) groups is 4. The molecule has 4 amide bonds. The molecule has 0 aliphatic carbocycles. The van der Waals surface area contributed by atoms with Crippen LogP contribution in [0.1, 0.15) is 201 Å². The van der Waals surface area contributed by atoms with E-state index in [1.165, 1.54) is 40.8 Å². The van der Waals surface area contributed by atoms with E-state index in [2.05, 4.69) is 41.2 Å². The third-order valence-electron chi connectivity index (χ3n) is 16.7. The van der Waals surface area contributed by atoms with Gasteiger partial charge in [0.25, 0.3) is 11.8 Å². The zero-order valence-corrected chi connectivity index (χ0v) is 54.2. The Morgan fingerprint density at radius 2 is 0.876 bits per heavy atom. The van der Waals surface area contributed by atoms with E-state index in [0.29, 0.717) is 106 Å². The van der Waals surface area contributed by atoms with Crippen molar-refractivity contribution < 1.29 is 77.8 Å². The lowest BCUT2D eigenvalue weighted by molar-refractivity contribution is -0.191. The predicted octanol–water partition coefficient (Wildman–Crippen LogP) is 13.7. The molecule has 0 spiro atoms. The van der Waals surface area contributed by atoms with Crippen LogP contribution in [0.2, 0.25) is 0 Å². The molecule has 9 heterocycles. The standard InChI is InChI=1S/C23H27F3N4O3.C18H19F3N4O.C12H14F3N.C11H17N3O2.CO2.2CH4.ClH/c1-22(2,3)33-21(32)30-12-16-18(13-30)27-28-19(16)20(31)29-10-8-14(9-11-29)15-6-4-5-7-17(15)23(24,25)26;19-18(20,21)14-4-2-1-3-12(14)11-5-7-25(8-6-11)17(26)16-13-9-22-10-15(13)23-24-16;13-12(14,15)11-4-2-1-3-10(11)9-5-7-16-8-6-9;1-11(2,3)16-10(15)14-5-4-8-6-12-13-9(8)7-14;2-1-3;;;/h4-7,14H,8-13H2,1-3H3,(H,27,28);1-4,11,22H,5-10H2,(H,23,24);1-4,9,16H,5-8H2;6H,4-5,7H2,1-3H3,(H,12,13);;2*1H4;1H. The van der Waals surface area contributed by atoms with Crippen LogP contribution in [0, 0.1) is 0 Å². The quantitative estimate of drug-likeness (QED) is 0.101. The number of alkyl halides is 9. The van der Waals surface area contributed by atoms with Crippen molar-refractivity contribution in [1.82, 2.24) is 60.8 Å². The smallest absolute Gasteiger partial charge is 0.416 e. The molecule has 6 aliphatic heterocycles. The average molecular weight is 1390 g/mol. The SMILES string of the molecule is C.C.CC(C)(C)OC(=O)N1CCc2cn[nH]c2C1.CC(C)(C)OC(=O)N1Cc2[nH]nc(C(=O)N3CCC(c4ccccc4C(F)(F)F)CC3)c2C1.Cl.FC(F)(F)c1ccccc1C1CCNCC1.O=C(c1n[nH]c2c1CNC2)N1CCC(c2ccccc2C(F)(F)F)CC1.O=C=O. The second kappa shape index (κ2) is 33.8.